The zero-order valence-electron chi connectivity index (χ0n) is 7.79. The van der Waals surface area contributed by atoms with Crippen molar-refractivity contribution in [2.75, 3.05) is 0 Å². The van der Waals surface area contributed by atoms with Crippen LogP contribution in [0.25, 0.3) is 0 Å². The van der Waals surface area contributed by atoms with Crippen molar-refractivity contribution in [2.24, 2.45) is 0 Å². The van der Waals surface area contributed by atoms with Crippen LogP contribution in [0.3, 0.4) is 0 Å². The fourth-order valence-corrected chi connectivity index (χ4v) is 0.571. The molecule has 0 saturated heterocycles. The fourth-order valence-electron chi connectivity index (χ4n) is 0.571. The van der Waals surface area contributed by atoms with Crippen LogP contribution in [0, 0.1) is 0 Å². The van der Waals surface area contributed by atoms with E-state index in [0.29, 0.717) is 0 Å². The summed E-state index contributed by atoms with van der Waals surface area (Å²) in [6.45, 7) is 2.59. The van der Waals surface area contributed by atoms with Crippen LogP contribution in [0.4, 0.5) is 0 Å². The Morgan fingerprint density at radius 3 is 2.21 bits per heavy atom. The second-order valence-electron chi connectivity index (χ2n) is 2.52. The van der Waals surface area contributed by atoms with Crippen molar-refractivity contribution >= 4 is 24.0 Å². The normalized spacial score (nSPS) is 11.0. The molecule has 1 atom stereocenters. The first-order valence-electron chi connectivity index (χ1n) is 3.79. The summed E-state index contributed by atoms with van der Waals surface area (Å²) in [5.74, 6) is -1.95. The summed E-state index contributed by atoms with van der Waals surface area (Å²) in [4.78, 5) is 41.9. The van der Waals surface area contributed by atoms with Crippen LogP contribution in [-0.4, -0.2) is 30.0 Å². The third-order valence-electron chi connectivity index (χ3n) is 1.22. The van der Waals surface area contributed by atoms with E-state index in [2.05, 4.69) is 5.32 Å². The van der Waals surface area contributed by atoms with Gasteiger partial charge >= 0.3 is 0 Å². The monoisotopic (exact) mass is 201 g/mol. The molecule has 0 aromatic carbocycles. The molecule has 0 saturated carbocycles. The fraction of sp³-hybridized carbons (Fsp3) is 0.429. The summed E-state index contributed by atoms with van der Waals surface area (Å²) in [6.07, 6.45) is 0.0577. The molecular weight excluding hydrogens is 190 g/mol. The molecule has 78 valence electrons. The van der Waals surface area contributed by atoms with Crippen molar-refractivity contribution in [1.82, 2.24) is 16.2 Å². The van der Waals surface area contributed by atoms with E-state index in [1.165, 1.54) is 13.8 Å². The Morgan fingerprint density at radius 2 is 1.79 bits per heavy atom. The molecular formula is C7H11N3O4. The molecule has 14 heavy (non-hydrogen) atoms. The van der Waals surface area contributed by atoms with Gasteiger partial charge in [0.05, 0.1) is 0 Å². The van der Waals surface area contributed by atoms with E-state index in [4.69, 9.17) is 0 Å². The topological polar surface area (TPSA) is 104 Å². The Hall–Kier alpha value is -1.92. The summed E-state index contributed by atoms with van der Waals surface area (Å²) < 4.78 is 0. The first-order valence-corrected chi connectivity index (χ1v) is 3.79. The van der Waals surface area contributed by atoms with Gasteiger partial charge in [-0.05, 0) is 6.92 Å². The second kappa shape index (κ2) is 5.68. The van der Waals surface area contributed by atoms with Crippen LogP contribution < -0.4 is 16.2 Å². The largest absolute Gasteiger partial charge is 0.338 e. The SMILES string of the molecule is CC(=O)NNC(=O)[C@H](C)NC(=O)C=O. The Balaban J connectivity index is 3.93. The van der Waals surface area contributed by atoms with Crippen LogP contribution in [0.1, 0.15) is 13.8 Å². The van der Waals surface area contributed by atoms with Crippen molar-refractivity contribution in [3.05, 3.63) is 0 Å². The summed E-state index contributed by atoms with van der Waals surface area (Å²) in [6, 6.07) is -0.889. The van der Waals surface area contributed by atoms with Gasteiger partial charge in [0.1, 0.15) is 6.04 Å². The minimum Gasteiger partial charge on any atom is -0.338 e. The van der Waals surface area contributed by atoms with Gasteiger partial charge in [-0.3, -0.25) is 30.0 Å². The lowest BCUT2D eigenvalue weighted by Gasteiger charge is -2.11. The van der Waals surface area contributed by atoms with Gasteiger partial charge in [-0.2, -0.15) is 0 Å². The molecule has 0 aromatic rings. The summed E-state index contributed by atoms with van der Waals surface area (Å²) in [5, 5.41) is 2.08. The van der Waals surface area contributed by atoms with Gasteiger partial charge in [0.25, 0.3) is 11.8 Å². The predicted molar refractivity (Wildman–Crippen MR) is 45.6 cm³/mol. The lowest BCUT2D eigenvalue weighted by molar-refractivity contribution is -0.134. The maximum absolute atomic E-state index is 11.0. The first-order chi connectivity index (χ1) is 6.47. The number of hydrogen-bond acceptors (Lipinski definition) is 4. The zero-order valence-corrected chi connectivity index (χ0v) is 7.79. The summed E-state index contributed by atoms with van der Waals surface area (Å²) in [7, 11) is 0. The van der Waals surface area contributed by atoms with Crippen molar-refractivity contribution in [2.45, 2.75) is 19.9 Å². The molecule has 0 bridgehead atoms. The van der Waals surface area contributed by atoms with E-state index in [1.54, 1.807) is 0 Å². The molecule has 0 aliphatic rings. The highest BCUT2D eigenvalue weighted by Gasteiger charge is 2.14. The molecule has 3 N–H and O–H groups in total. The van der Waals surface area contributed by atoms with Crippen molar-refractivity contribution in [3.8, 4) is 0 Å². The molecule has 0 aromatic heterocycles. The molecule has 0 fully saturated rings. The zero-order chi connectivity index (χ0) is 11.1. The minimum absolute atomic E-state index is 0.0577. The lowest BCUT2D eigenvalue weighted by Crippen LogP contribution is -2.50. The Bertz CT molecular complexity index is 264. The summed E-state index contributed by atoms with van der Waals surface area (Å²) in [5.41, 5.74) is 4.08. The Morgan fingerprint density at radius 1 is 1.21 bits per heavy atom. The number of hydrazine groups is 1. The molecule has 0 heterocycles. The highest BCUT2D eigenvalue weighted by molar-refractivity contribution is 6.24. The number of aldehydes is 1. The van der Waals surface area contributed by atoms with Crippen LogP contribution in [0.15, 0.2) is 0 Å². The molecule has 7 nitrogen and oxygen atoms in total. The molecule has 0 rings (SSSR count). The van der Waals surface area contributed by atoms with E-state index in [9.17, 15) is 19.2 Å². The summed E-state index contributed by atoms with van der Waals surface area (Å²) >= 11 is 0. The molecule has 0 unspecified atom stereocenters. The predicted octanol–water partition coefficient (Wildman–Crippen LogP) is -2.14. The van der Waals surface area contributed by atoms with Gasteiger partial charge in [-0.25, -0.2) is 0 Å². The third-order valence-corrected chi connectivity index (χ3v) is 1.22. The van der Waals surface area contributed by atoms with Crippen LogP contribution in [-0.2, 0) is 19.2 Å². The Labute approximate surface area is 80.2 Å². The smallest absolute Gasteiger partial charge is 0.284 e. The number of hydrogen-bond donors (Lipinski definition) is 3. The van der Waals surface area contributed by atoms with E-state index < -0.39 is 23.8 Å². The number of amides is 3. The number of rotatable bonds is 3. The van der Waals surface area contributed by atoms with Gasteiger partial charge in [0, 0.05) is 6.92 Å². The van der Waals surface area contributed by atoms with Gasteiger partial charge < -0.3 is 5.32 Å². The average Bonchev–Trinajstić information content (AvgIpc) is 2.13. The highest BCUT2D eigenvalue weighted by Crippen LogP contribution is 1.79. The van der Waals surface area contributed by atoms with Gasteiger partial charge in [0.2, 0.25) is 12.2 Å². The van der Waals surface area contributed by atoms with Crippen LogP contribution in [0.5, 0.6) is 0 Å². The van der Waals surface area contributed by atoms with E-state index >= 15 is 0 Å². The highest BCUT2D eigenvalue weighted by atomic mass is 16.2. The number of carbonyl (C=O) groups is 4. The van der Waals surface area contributed by atoms with Crippen LogP contribution >= 0.6 is 0 Å². The average molecular weight is 201 g/mol. The minimum atomic E-state index is -0.893. The third kappa shape index (κ3) is 4.86. The molecule has 0 aliphatic heterocycles. The Kier molecular flexibility index (Phi) is 4.90. The van der Waals surface area contributed by atoms with Gasteiger partial charge in [0.15, 0.2) is 0 Å². The molecule has 0 radical (unpaired) electrons. The van der Waals surface area contributed by atoms with Gasteiger partial charge in [-0.1, -0.05) is 0 Å². The van der Waals surface area contributed by atoms with Crippen LogP contribution in [0.2, 0.25) is 0 Å². The molecule has 0 aliphatic carbocycles. The van der Waals surface area contributed by atoms with E-state index in [0.717, 1.165) is 0 Å². The first kappa shape index (κ1) is 12.1. The van der Waals surface area contributed by atoms with E-state index in [1.807, 2.05) is 10.9 Å². The lowest BCUT2D eigenvalue weighted by atomic mass is 10.3. The van der Waals surface area contributed by atoms with Crippen molar-refractivity contribution in [1.29, 1.82) is 0 Å². The molecule has 0 spiro atoms. The molecule has 3 amide bonds. The number of nitrogens with one attached hydrogen (secondary N) is 3. The van der Waals surface area contributed by atoms with Gasteiger partial charge in [-0.15, -0.1) is 0 Å². The van der Waals surface area contributed by atoms with Crippen molar-refractivity contribution in [3.63, 3.8) is 0 Å². The maximum Gasteiger partial charge on any atom is 0.284 e. The van der Waals surface area contributed by atoms with Crippen molar-refractivity contribution < 1.29 is 19.2 Å². The second-order valence-corrected chi connectivity index (χ2v) is 2.52. The quantitative estimate of drug-likeness (QED) is 0.275. The molecule has 7 heteroatoms. The number of carbonyl (C=O) groups excluding carboxylic acids is 4. The maximum atomic E-state index is 11.0. The standard InChI is InChI=1S/C7H11N3O4/c1-4(8-6(13)3-11)7(14)10-9-5(2)12/h3-4H,1-2H3,(H,8,13)(H,9,12)(H,10,14)/t4-/m0/s1. The van der Waals surface area contributed by atoms with E-state index in [-0.39, 0.29) is 6.29 Å².